The molecule has 2 N–H and O–H groups in total. The van der Waals surface area contributed by atoms with Gasteiger partial charge in [-0.15, -0.1) is 0 Å². The van der Waals surface area contributed by atoms with Gasteiger partial charge in [0, 0.05) is 37.3 Å². The average Bonchev–Trinajstić information content (AvgIpc) is 2.44. The van der Waals surface area contributed by atoms with Crippen molar-refractivity contribution in [1.82, 2.24) is 9.80 Å². The molecule has 0 spiro atoms. The molecule has 5 rings (SSSR count). The largest absolute Gasteiger partial charge is 0.329 e. The molecule has 0 aromatic heterocycles. The van der Waals surface area contributed by atoms with Crippen molar-refractivity contribution in [1.29, 1.82) is 0 Å². The van der Waals surface area contributed by atoms with E-state index in [2.05, 4.69) is 30.7 Å². The Kier molecular flexibility index (Phi) is 3.40. The first-order valence-corrected chi connectivity index (χ1v) is 9.21. The van der Waals surface area contributed by atoms with Crippen molar-refractivity contribution in [3.8, 4) is 0 Å². The number of nitrogens with two attached hydrogens (primary N) is 1. The first kappa shape index (κ1) is 14.5. The van der Waals surface area contributed by atoms with E-state index < -0.39 is 0 Å². The molecule has 0 aromatic carbocycles. The monoisotopic (exact) mass is 291 g/mol. The minimum absolute atomic E-state index is 0.344. The van der Waals surface area contributed by atoms with Gasteiger partial charge >= 0.3 is 0 Å². The van der Waals surface area contributed by atoms with Gasteiger partial charge in [0.05, 0.1) is 0 Å². The van der Waals surface area contributed by atoms with Crippen molar-refractivity contribution in [2.45, 2.75) is 63.6 Å². The summed E-state index contributed by atoms with van der Waals surface area (Å²) >= 11 is 0. The van der Waals surface area contributed by atoms with Gasteiger partial charge in [-0.2, -0.15) is 0 Å². The molecule has 0 radical (unpaired) electrons. The Morgan fingerprint density at radius 2 is 1.38 bits per heavy atom. The van der Waals surface area contributed by atoms with E-state index in [0.29, 0.717) is 17.6 Å². The third-order valence-corrected chi connectivity index (χ3v) is 7.83. The molecule has 3 nitrogen and oxygen atoms in total. The molecular formula is C18H33N3. The van der Waals surface area contributed by atoms with Gasteiger partial charge in [0.25, 0.3) is 0 Å². The summed E-state index contributed by atoms with van der Waals surface area (Å²) in [5, 5.41) is 0. The summed E-state index contributed by atoms with van der Waals surface area (Å²) in [5.74, 6) is 3.85. The van der Waals surface area contributed by atoms with Gasteiger partial charge in [0.15, 0.2) is 0 Å². The fourth-order valence-electron chi connectivity index (χ4n) is 6.72. The molecule has 2 atom stereocenters. The molecular weight excluding hydrogens is 258 g/mol. The third kappa shape index (κ3) is 1.96. The molecule has 4 aliphatic carbocycles. The van der Waals surface area contributed by atoms with E-state index in [1.165, 1.54) is 45.2 Å². The van der Waals surface area contributed by atoms with Crippen LogP contribution in [0.1, 0.15) is 46.0 Å². The Morgan fingerprint density at radius 3 is 1.81 bits per heavy atom. The molecule has 21 heavy (non-hydrogen) atoms. The standard InChI is InChI=1S/C18H33N3/c1-12-9-21(10-13(2)20(12)3)18(11-19)16-5-14-4-15(7-16)8-17(18)6-14/h12-17H,4-11,19H2,1-3H3. The molecule has 5 aliphatic rings. The minimum atomic E-state index is 0.344. The molecule has 2 unspecified atom stereocenters. The first-order valence-electron chi connectivity index (χ1n) is 9.21. The first-order chi connectivity index (χ1) is 10.0. The lowest BCUT2D eigenvalue weighted by Crippen LogP contribution is -2.73. The van der Waals surface area contributed by atoms with Crippen molar-refractivity contribution < 1.29 is 0 Å². The van der Waals surface area contributed by atoms with Crippen molar-refractivity contribution in [3.63, 3.8) is 0 Å². The second-order valence-corrected chi connectivity index (χ2v) is 8.77. The van der Waals surface area contributed by atoms with Gasteiger partial charge < -0.3 is 5.73 Å². The molecule has 1 heterocycles. The van der Waals surface area contributed by atoms with Gasteiger partial charge in [0.2, 0.25) is 0 Å². The van der Waals surface area contributed by atoms with Crippen molar-refractivity contribution in [3.05, 3.63) is 0 Å². The average molecular weight is 291 g/mol. The number of hydrogen-bond donors (Lipinski definition) is 1. The van der Waals surface area contributed by atoms with E-state index in [0.717, 1.165) is 30.2 Å². The zero-order valence-corrected chi connectivity index (χ0v) is 14.1. The summed E-state index contributed by atoms with van der Waals surface area (Å²) in [6, 6.07) is 1.32. The van der Waals surface area contributed by atoms with Gasteiger partial charge in [-0.05, 0) is 76.7 Å². The second-order valence-electron chi connectivity index (χ2n) is 8.77. The highest BCUT2D eigenvalue weighted by molar-refractivity contribution is 5.13. The summed E-state index contributed by atoms with van der Waals surface area (Å²) in [5.41, 5.74) is 6.83. The molecule has 5 fully saturated rings. The lowest BCUT2D eigenvalue weighted by molar-refractivity contribution is -0.151. The maximum absolute atomic E-state index is 6.49. The van der Waals surface area contributed by atoms with E-state index in [1.807, 2.05) is 0 Å². The number of nitrogens with zero attached hydrogens (tertiary/aromatic N) is 2. The topological polar surface area (TPSA) is 32.5 Å². The van der Waals surface area contributed by atoms with Crippen LogP contribution in [0.3, 0.4) is 0 Å². The molecule has 3 heteroatoms. The summed E-state index contributed by atoms with van der Waals surface area (Å²) in [7, 11) is 2.29. The number of rotatable bonds is 2. The normalized spacial score (nSPS) is 54.3. The van der Waals surface area contributed by atoms with Crippen LogP contribution in [0.25, 0.3) is 0 Å². The van der Waals surface area contributed by atoms with Crippen molar-refractivity contribution in [2.75, 3.05) is 26.7 Å². The Balaban J connectivity index is 1.64. The van der Waals surface area contributed by atoms with E-state index in [-0.39, 0.29) is 0 Å². The van der Waals surface area contributed by atoms with Crippen LogP contribution in [-0.2, 0) is 0 Å². The van der Waals surface area contributed by atoms with Gasteiger partial charge in [-0.3, -0.25) is 9.80 Å². The fraction of sp³-hybridized carbons (Fsp3) is 1.00. The van der Waals surface area contributed by atoms with Crippen LogP contribution >= 0.6 is 0 Å². The van der Waals surface area contributed by atoms with Gasteiger partial charge in [-0.1, -0.05) is 0 Å². The minimum Gasteiger partial charge on any atom is -0.329 e. The lowest BCUT2D eigenvalue weighted by atomic mass is 9.48. The summed E-state index contributed by atoms with van der Waals surface area (Å²) in [6.45, 7) is 8.12. The van der Waals surface area contributed by atoms with Gasteiger partial charge in [-0.25, -0.2) is 0 Å². The van der Waals surface area contributed by atoms with Gasteiger partial charge in [0.1, 0.15) is 0 Å². The molecule has 0 amide bonds. The molecule has 1 saturated heterocycles. The van der Waals surface area contributed by atoms with Crippen LogP contribution in [0.2, 0.25) is 0 Å². The Hall–Kier alpha value is -0.120. The molecule has 0 aromatic rings. The van der Waals surface area contributed by atoms with Crippen LogP contribution in [0.5, 0.6) is 0 Å². The molecule has 4 saturated carbocycles. The van der Waals surface area contributed by atoms with Crippen LogP contribution in [0.4, 0.5) is 0 Å². The van der Waals surface area contributed by atoms with E-state index >= 15 is 0 Å². The number of piperazine rings is 1. The lowest BCUT2D eigenvalue weighted by Gasteiger charge is -2.66. The van der Waals surface area contributed by atoms with Crippen LogP contribution in [0, 0.1) is 23.7 Å². The predicted molar refractivity (Wildman–Crippen MR) is 87.1 cm³/mol. The quantitative estimate of drug-likeness (QED) is 0.846. The van der Waals surface area contributed by atoms with Crippen LogP contribution in [0.15, 0.2) is 0 Å². The number of likely N-dealkylation sites (N-methyl/N-ethyl adjacent to an activating group) is 1. The Labute approximate surface area is 130 Å². The van der Waals surface area contributed by atoms with Crippen molar-refractivity contribution in [2.24, 2.45) is 29.4 Å². The third-order valence-electron chi connectivity index (χ3n) is 7.83. The second kappa shape index (κ2) is 4.94. The van der Waals surface area contributed by atoms with Crippen molar-refractivity contribution >= 4 is 0 Å². The van der Waals surface area contributed by atoms with Crippen LogP contribution in [-0.4, -0.2) is 54.1 Å². The highest BCUT2D eigenvalue weighted by atomic mass is 15.3. The van der Waals surface area contributed by atoms with E-state index in [9.17, 15) is 0 Å². The maximum atomic E-state index is 6.49. The molecule has 1 aliphatic heterocycles. The fourth-order valence-corrected chi connectivity index (χ4v) is 6.72. The zero-order chi connectivity index (χ0) is 14.8. The molecule has 4 bridgehead atoms. The van der Waals surface area contributed by atoms with Crippen LogP contribution < -0.4 is 5.73 Å². The van der Waals surface area contributed by atoms with E-state index in [4.69, 9.17) is 5.73 Å². The maximum Gasteiger partial charge on any atom is 0.0389 e. The molecule has 120 valence electrons. The number of hydrogen-bond acceptors (Lipinski definition) is 3. The predicted octanol–water partition coefficient (Wildman–Crippen LogP) is 2.16. The Bertz CT molecular complexity index is 367. The Morgan fingerprint density at radius 1 is 0.905 bits per heavy atom. The summed E-state index contributed by atoms with van der Waals surface area (Å²) < 4.78 is 0. The highest BCUT2D eigenvalue weighted by Gasteiger charge is 2.59. The van der Waals surface area contributed by atoms with E-state index in [1.54, 1.807) is 0 Å². The SMILES string of the molecule is CC1CN(C2(CN)C3CC4CC(C3)CC2C4)CC(C)N1C. The summed E-state index contributed by atoms with van der Waals surface area (Å²) in [4.78, 5) is 5.41. The zero-order valence-electron chi connectivity index (χ0n) is 14.1. The summed E-state index contributed by atoms with van der Waals surface area (Å²) in [6.07, 6.45) is 7.42. The highest BCUT2D eigenvalue weighted by Crippen LogP contribution is 2.60. The smallest absolute Gasteiger partial charge is 0.0389 e.